The fraction of sp³-hybridized carbons (Fsp3) is 0.190. The van der Waals surface area contributed by atoms with E-state index in [1.807, 2.05) is 18.2 Å². The molecule has 1 aliphatic heterocycles. The maximum absolute atomic E-state index is 12.1. The molecule has 1 aliphatic carbocycles. The fourth-order valence-corrected chi connectivity index (χ4v) is 5.68. The summed E-state index contributed by atoms with van der Waals surface area (Å²) in [7, 11) is -3.86. The molecule has 2 amide bonds. The van der Waals surface area contributed by atoms with Crippen LogP contribution in [0.2, 0.25) is 0 Å². The van der Waals surface area contributed by atoms with Crippen molar-refractivity contribution in [1.29, 1.82) is 0 Å². The number of rotatable bonds is 4. The Balaban J connectivity index is 1.46. The van der Waals surface area contributed by atoms with E-state index in [0.717, 1.165) is 35.7 Å². The van der Waals surface area contributed by atoms with E-state index >= 15 is 0 Å². The van der Waals surface area contributed by atoms with Crippen molar-refractivity contribution in [2.24, 2.45) is 5.14 Å². The second-order valence-electron chi connectivity index (χ2n) is 7.46. The van der Waals surface area contributed by atoms with Gasteiger partial charge in [-0.05, 0) is 60.4 Å². The standard InChI is InChI=1S/C21H17N3O5S2/c22-31(27,28)13-3-6-17-16(10-13)18(7-8-23-17)29-12-2-5-14-11(9-12)1-4-15(14)19-20(25)24-21(26)30-19/h2-3,5-10,15,19H,1,4H2,(H2,22,27,28)(H,24,25,26)/t15-,19?/m1/s1. The molecular weight excluding hydrogens is 438 g/mol. The van der Waals surface area contributed by atoms with E-state index in [1.54, 1.807) is 18.3 Å². The zero-order valence-electron chi connectivity index (χ0n) is 16.1. The number of carbonyl (C=O) groups is 2. The van der Waals surface area contributed by atoms with Gasteiger partial charge in [0.05, 0.1) is 10.4 Å². The molecule has 0 bridgehead atoms. The second-order valence-corrected chi connectivity index (χ2v) is 10.1. The molecule has 5 rings (SSSR count). The third-order valence-electron chi connectivity index (χ3n) is 5.55. The number of hydrogen-bond acceptors (Lipinski definition) is 7. The first kappa shape index (κ1) is 20.0. The number of ether oxygens (including phenoxy) is 1. The lowest BCUT2D eigenvalue weighted by Gasteiger charge is -2.16. The third kappa shape index (κ3) is 3.67. The number of nitrogens with one attached hydrogen (secondary N) is 1. The van der Waals surface area contributed by atoms with Gasteiger partial charge < -0.3 is 4.74 Å². The topological polar surface area (TPSA) is 128 Å². The van der Waals surface area contributed by atoms with Crippen LogP contribution < -0.4 is 15.2 Å². The molecule has 2 aromatic carbocycles. The molecule has 3 aromatic rings. The van der Waals surface area contributed by atoms with Crippen molar-refractivity contribution in [3.63, 3.8) is 0 Å². The number of aryl methyl sites for hydroxylation is 1. The summed E-state index contributed by atoms with van der Waals surface area (Å²) in [6.07, 6.45) is 3.15. The van der Waals surface area contributed by atoms with E-state index in [0.29, 0.717) is 22.4 Å². The highest BCUT2D eigenvalue weighted by molar-refractivity contribution is 8.15. The van der Waals surface area contributed by atoms with E-state index in [-0.39, 0.29) is 22.0 Å². The van der Waals surface area contributed by atoms with Crippen LogP contribution in [0.15, 0.2) is 53.6 Å². The molecule has 31 heavy (non-hydrogen) atoms. The van der Waals surface area contributed by atoms with E-state index in [9.17, 15) is 18.0 Å². The maximum atomic E-state index is 12.1. The summed E-state index contributed by atoms with van der Waals surface area (Å²) in [6, 6.07) is 11.8. The number of aromatic nitrogens is 1. The van der Waals surface area contributed by atoms with Crippen molar-refractivity contribution in [1.82, 2.24) is 10.3 Å². The number of imide groups is 1. The van der Waals surface area contributed by atoms with Crippen LogP contribution in [0.3, 0.4) is 0 Å². The van der Waals surface area contributed by atoms with Crippen LogP contribution in [0.5, 0.6) is 11.5 Å². The van der Waals surface area contributed by atoms with Gasteiger partial charge in [-0.3, -0.25) is 19.9 Å². The van der Waals surface area contributed by atoms with Gasteiger partial charge in [-0.1, -0.05) is 17.8 Å². The van der Waals surface area contributed by atoms with E-state index in [2.05, 4.69) is 10.3 Å². The van der Waals surface area contributed by atoms with Crippen molar-refractivity contribution in [3.8, 4) is 11.5 Å². The smallest absolute Gasteiger partial charge is 0.286 e. The summed E-state index contributed by atoms with van der Waals surface area (Å²) < 4.78 is 29.5. The van der Waals surface area contributed by atoms with Crippen molar-refractivity contribution >= 4 is 43.8 Å². The predicted molar refractivity (Wildman–Crippen MR) is 116 cm³/mol. The third-order valence-corrected chi connectivity index (χ3v) is 7.57. The number of primary sulfonamides is 1. The largest absolute Gasteiger partial charge is 0.457 e. The van der Waals surface area contributed by atoms with E-state index in [1.165, 1.54) is 12.1 Å². The van der Waals surface area contributed by atoms with Crippen LogP contribution in [-0.2, 0) is 21.2 Å². The highest BCUT2D eigenvalue weighted by atomic mass is 32.2. The summed E-state index contributed by atoms with van der Waals surface area (Å²) in [4.78, 5) is 27.9. The SMILES string of the molecule is NS(=O)(=O)c1ccc2nccc(Oc3ccc4c(c3)CC[C@H]4C3SC(=O)NC3=O)c2c1. The van der Waals surface area contributed by atoms with Gasteiger partial charge >= 0.3 is 0 Å². The first-order valence-electron chi connectivity index (χ1n) is 9.53. The van der Waals surface area contributed by atoms with Crippen molar-refractivity contribution < 1.29 is 22.7 Å². The van der Waals surface area contributed by atoms with Gasteiger partial charge in [0.1, 0.15) is 16.7 Å². The molecule has 158 valence electrons. The lowest BCUT2D eigenvalue weighted by molar-refractivity contribution is -0.119. The Kier molecular flexibility index (Phi) is 4.72. The number of benzene rings is 2. The summed E-state index contributed by atoms with van der Waals surface area (Å²) >= 11 is 1.05. The van der Waals surface area contributed by atoms with Crippen LogP contribution in [0.1, 0.15) is 23.5 Å². The lowest BCUT2D eigenvalue weighted by atomic mass is 9.97. The van der Waals surface area contributed by atoms with Crippen LogP contribution in [0.25, 0.3) is 10.9 Å². The highest BCUT2D eigenvalue weighted by Crippen LogP contribution is 2.43. The number of sulfonamides is 1. The van der Waals surface area contributed by atoms with Gasteiger partial charge in [0.15, 0.2) is 0 Å². The zero-order valence-corrected chi connectivity index (χ0v) is 17.7. The molecule has 3 N–H and O–H groups in total. The Hall–Kier alpha value is -2.95. The minimum atomic E-state index is -3.86. The first-order chi connectivity index (χ1) is 14.8. The summed E-state index contributed by atoms with van der Waals surface area (Å²) in [6.45, 7) is 0. The Labute approximate surface area is 182 Å². The van der Waals surface area contributed by atoms with Crippen LogP contribution in [0.4, 0.5) is 4.79 Å². The summed E-state index contributed by atoms with van der Waals surface area (Å²) in [5.74, 6) is 0.801. The Bertz CT molecular complexity index is 1360. The minimum Gasteiger partial charge on any atom is -0.457 e. The van der Waals surface area contributed by atoms with Gasteiger partial charge in [-0.25, -0.2) is 13.6 Å². The van der Waals surface area contributed by atoms with Crippen molar-refractivity contribution in [3.05, 3.63) is 59.8 Å². The Morgan fingerprint density at radius 1 is 1.13 bits per heavy atom. The fourth-order valence-electron chi connectivity index (χ4n) is 4.13. The number of carbonyl (C=O) groups excluding carboxylic acids is 2. The first-order valence-corrected chi connectivity index (χ1v) is 12.0. The van der Waals surface area contributed by atoms with Gasteiger partial charge in [0.25, 0.3) is 5.24 Å². The number of thioether (sulfide) groups is 1. The number of hydrogen-bond donors (Lipinski definition) is 2. The molecule has 2 atom stereocenters. The highest BCUT2D eigenvalue weighted by Gasteiger charge is 2.41. The molecule has 2 heterocycles. The number of pyridine rings is 1. The van der Waals surface area contributed by atoms with Crippen LogP contribution in [-0.4, -0.2) is 29.8 Å². The molecule has 2 aliphatic rings. The van der Waals surface area contributed by atoms with E-state index in [4.69, 9.17) is 9.88 Å². The molecule has 1 aromatic heterocycles. The van der Waals surface area contributed by atoms with Gasteiger partial charge in [-0.15, -0.1) is 0 Å². The molecular formula is C21H17N3O5S2. The zero-order chi connectivity index (χ0) is 21.8. The summed E-state index contributed by atoms with van der Waals surface area (Å²) in [5.41, 5.74) is 2.70. The lowest BCUT2D eigenvalue weighted by Crippen LogP contribution is -2.27. The molecule has 1 saturated heterocycles. The van der Waals surface area contributed by atoms with Crippen molar-refractivity contribution in [2.45, 2.75) is 28.9 Å². The van der Waals surface area contributed by atoms with E-state index < -0.39 is 15.3 Å². The second kappa shape index (κ2) is 7.33. The number of nitrogens with zero attached hydrogens (tertiary/aromatic N) is 1. The number of amides is 2. The van der Waals surface area contributed by atoms with Gasteiger partial charge in [0, 0.05) is 17.5 Å². The number of nitrogens with two attached hydrogens (primary N) is 1. The predicted octanol–water partition coefficient (Wildman–Crippen LogP) is 3.06. The number of fused-ring (bicyclic) bond motifs is 2. The normalized spacial score (nSPS) is 20.7. The van der Waals surface area contributed by atoms with Crippen LogP contribution in [0, 0.1) is 0 Å². The maximum Gasteiger partial charge on any atom is 0.286 e. The molecule has 8 nitrogen and oxygen atoms in total. The molecule has 0 radical (unpaired) electrons. The minimum absolute atomic E-state index is 0.0143. The average Bonchev–Trinajstić information content (AvgIpc) is 3.28. The van der Waals surface area contributed by atoms with Crippen LogP contribution >= 0.6 is 11.8 Å². The van der Waals surface area contributed by atoms with Gasteiger partial charge in [0.2, 0.25) is 15.9 Å². The average molecular weight is 456 g/mol. The van der Waals surface area contributed by atoms with Crippen molar-refractivity contribution in [2.75, 3.05) is 0 Å². The molecule has 10 heteroatoms. The monoisotopic (exact) mass is 455 g/mol. The van der Waals surface area contributed by atoms with Gasteiger partial charge in [-0.2, -0.15) is 0 Å². The molecule has 1 fully saturated rings. The Morgan fingerprint density at radius 3 is 2.71 bits per heavy atom. The molecule has 0 spiro atoms. The Morgan fingerprint density at radius 2 is 1.97 bits per heavy atom. The summed E-state index contributed by atoms with van der Waals surface area (Å²) in [5, 5.41) is 7.44. The quantitative estimate of drug-likeness (QED) is 0.619. The molecule has 1 unspecified atom stereocenters. The molecule has 0 saturated carbocycles.